The van der Waals surface area contributed by atoms with E-state index in [-0.39, 0.29) is 22.2 Å². The zero-order valence-electron chi connectivity index (χ0n) is 13.7. The van der Waals surface area contributed by atoms with Gasteiger partial charge in [0.15, 0.2) is 0 Å². The Hall–Kier alpha value is -2.32. The van der Waals surface area contributed by atoms with Gasteiger partial charge in [-0.2, -0.15) is 0 Å². The van der Waals surface area contributed by atoms with Crippen molar-refractivity contribution in [1.82, 2.24) is 4.72 Å². The SMILES string of the molecule is CC[C@@H](C)NS(=O)(=O)c1ccc(C(=O)Nc2ccc(F)cc2F)cc1. The monoisotopic (exact) mass is 368 g/mol. The van der Waals surface area contributed by atoms with Crippen molar-refractivity contribution < 1.29 is 22.0 Å². The Morgan fingerprint density at radius 2 is 1.76 bits per heavy atom. The Kier molecular flexibility index (Phi) is 5.86. The van der Waals surface area contributed by atoms with Crippen molar-refractivity contribution in [2.24, 2.45) is 0 Å². The number of halogens is 2. The van der Waals surface area contributed by atoms with E-state index in [1.165, 1.54) is 24.3 Å². The molecule has 0 aliphatic heterocycles. The first-order valence-corrected chi connectivity index (χ1v) is 9.10. The van der Waals surface area contributed by atoms with E-state index in [9.17, 15) is 22.0 Å². The molecular formula is C17H18F2N2O3S. The number of carbonyl (C=O) groups excluding carboxylic acids is 1. The van der Waals surface area contributed by atoms with Crippen LogP contribution in [0.25, 0.3) is 0 Å². The molecule has 25 heavy (non-hydrogen) atoms. The number of sulfonamides is 1. The zero-order valence-corrected chi connectivity index (χ0v) is 14.5. The standard InChI is InChI=1S/C17H18F2N2O3S/c1-3-11(2)21-25(23,24)14-7-4-12(5-8-14)17(22)20-16-9-6-13(18)10-15(16)19/h4-11,21H,3H2,1-2H3,(H,20,22)/t11-/m1/s1. The largest absolute Gasteiger partial charge is 0.319 e. The average Bonchev–Trinajstić information content (AvgIpc) is 2.57. The summed E-state index contributed by atoms with van der Waals surface area (Å²) >= 11 is 0. The predicted molar refractivity (Wildman–Crippen MR) is 90.8 cm³/mol. The predicted octanol–water partition coefficient (Wildman–Crippen LogP) is 3.29. The minimum Gasteiger partial charge on any atom is -0.319 e. The van der Waals surface area contributed by atoms with Crippen molar-refractivity contribution in [3.63, 3.8) is 0 Å². The maximum Gasteiger partial charge on any atom is 0.255 e. The molecule has 0 radical (unpaired) electrons. The van der Waals surface area contributed by atoms with Crippen LogP contribution in [-0.2, 0) is 10.0 Å². The maximum absolute atomic E-state index is 13.6. The van der Waals surface area contributed by atoms with Gasteiger partial charge >= 0.3 is 0 Å². The molecule has 0 unspecified atom stereocenters. The van der Waals surface area contributed by atoms with Crippen molar-refractivity contribution in [2.45, 2.75) is 31.2 Å². The minimum atomic E-state index is -3.67. The highest BCUT2D eigenvalue weighted by Crippen LogP contribution is 2.17. The lowest BCUT2D eigenvalue weighted by Gasteiger charge is -2.12. The summed E-state index contributed by atoms with van der Waals surface area (Å²) < 4.78 is 53.2. The summed E-state index contributed by atoms with van der Waals surface area (Å²) in [5, 5.41) is 2.31. The molecule has 1 atom stereocenters. The molecule has 0 saturated heterocycles. The number of nitrogens with one attached hydrogen (secondary N) is 2. The second-order valence-electron chi connectivity index (χ2n) is 5.53. The molecule has 0 aliphatic rings. The molecule has 2 aromatic rings. The summed E-state index contributed by atoms with van der Waals surface area (Å²) in [5.41, 5.74) is -0.0206. The van der Waals surface area contributed by atoms with Gasteiger partial charge in [-0.3, -0.25) is 4.79 Å². The molecule has 2 N–H and O–H groups in total. The molecule has 0 aromatic heterocycles. The van der Waals surface area contributed by atoms with Crippen LogP contribution in [0.2, 0.25) is 0 Å². The zero-order chi connectivity index (χ0) is 18.6. The summed E-state index contributed by atoms with van der Waals surface area (Å²) in [6, 6.07) is 7.80. The summed E-state index contributed by atoms with van der Waals surface area (Å²) in [6.07, 6.45) is 0.642. The number of hydrogen-bond acceptors (Lipinski definition) is 3. The lowest BCUT2D eigenvalue weighted by molar-refractivity contribution is 0.102. The maximum atomic E-state index is 13.6. The van der Waals surface area contributed by atoms with Crippen molar-refractivity contribution >= 4 is 21.6 Å². The highest BCUT2D eigenvalue weighted by atomic mass is 32.2. The molecule has 5 nitrogen and oxygen atoms in total. The molecular weight excluding hydrogens is 350 g/mol. The number of hydrogen-bond donors (Lipinski definition) is 2. The van der Waals surface area contributed by atoms with Crippen LogP contribution in [0.1, 0.15) is 30.6 Å². The van der Waals surface area contributed by atoms with E-state index in [4.69, 9.17) is 0 Å². The third kappa shape index (κ3) is 4.83. The fraction of sp³-hybridized carbons (Fsp3) is 0.235. The van der Waals surface area contributed by atoms with Gasteiger partial charge < -0.3 is 5.32 Å². The highest BCUT2D eigenvalue weighted by Gasteiger charge is 2.17. The number of benzene rings is 2. The van der Waals surface area contributed by atoms with Gasteiger partial charge in [-0.25, -0.2) is 21.9 Å². The van der Waals surface area contributed by atoms with Crippen LogP contribution in [0.15, 0.2) is 47.4 Å². The van der Waals surface area contributed by atoms with E-state index in [0.29, 0.717) is 12.5 Å². The number of anilines is 1. The van der Waals surface area contributed by atoms with E-state index >= 15 is 0 Å². The minimum absolute atomic E-state index is 0.0253. The van der Waals surface area contributed by atoms with E-state index in [0.717, 1.165) is 12.1 Å². The molecule has 0 aliphatic carbocycles. The number of amides is 1. The molecule has 0 bridgehead atoms. The number of carbonyl (C=O) groups is 1. The van der Waals surface area contributed by atoms with Gasteiger partial charge in [0.2, 0.25) is 10.0 Å². The van der Waals surface area contributed by atoms with Gasteiger partial charge in [-0.1, -0.05) is 6.92 Å². The van der Waals surface area contributed by atoms with Crippen LogP contribution in [-0.4, -0.2) is 20.4 Å². The summed E-state index contributed by atoms with van der Waals surface area (Å²) in [5.74, 6) is -2.28. The Balaban J connectivity index is 2.15. The first-order chi connectivity index (χ1) is 11.7. The summed E-state index contributed by atoms with van der Waals surface area (Å²) in [6.45, 7) is 3.60. The van der Waals surface area contributed by atoms with Gasteiger partial charge in [0.25, 0.3) is 5.91 Å². The summed E-state index contributed by atoms with van der Waals surface area (Å²) in [4.78, 5) is 12.1. The lowest BCUT2D eigenvalue weighted by Crippen LogP contribution is -2.32. The highest BCUT2D eigenvalue weighted by molar-refractivity contribution is 7.89. The van der Waals surface area contributed by atoms with Crippen LogP contribution in [0.5, 0.6) is 0 Å². The molecule has 2 aromatic carbocycles. The fourth-order valence-electron chi connectivity index (χ4n) is 1.99. The van der Waals surface area contributed by atoms with Crippen molar-refractivity contribution in [1.29, 1.82) is 0 Å². The third-order valence-electron chi connectivity index (χ3n) is 3.57. The second kappa shape index (κ2) is 7.71. The van der Waals surface area contributed by atoms with Crippen LogP contribution < -0.4 is 10.0 Å². The summed E-state index contributed by atoms with van der Waals surface area (Å²) in [7, 11) is -3.67. The Morgan fingerprint density at radius 3 is 2.32 bits per heavy atom. The van der Waals surface area contributed by atoms with Gasteiger partial charge in [-0.05, 0) is 49.7 Å². The molecule has 0 spiro atoms. The first-order valence-electron chi connectivity index (χ1n) is 7.61. The Bertz CT molecular complexity index is 868. The second-order valence-corrected chi connectivity index (χ2v) is 7.25. The molecule has 2 rings (SSSR count). The van der Waals surface area contributed by atoms with E-state index in [1.54, 1.807) is 6.92 Å². The molecule has 0 saturated carbocycles. The third-order valence-corrected chi connectivity index (χ3v) is 5.18. The topological polar surface area (TPSA) is 75.3 Å². The Labute approximate surface area is 145 Å². The van der Waals surface area contributed by atoms with E-state index in [1.807, 2.05) is 6.92 Å². The van der Waals surface area contributed by atoms with Crippen molar-refractivity contribution in [3.8, 4) is 0 Å². The fourth-order valence-corrected chi connectivity index (χ4v) is 3.31. The van der Waals surface area contributed by atoms with Gasteiger partial charge in [0.05, 0.1) is 10.6 Å². The number of rotatable bonds is 6. The van der Waals surface area contributed by atoms with Crippen LogP contribution >= 0.6 is 0 Å². The lowest BCUT2D eigenvalue weighted by atomic mass is 10.2. The normalized spacial score (nSPS) is 12.6. The average molecular weight is 368 g/mol. The van der Waals surface area contributed by atoms with E-state index < -0.39 is 27.6 Å². The smallest absolute Gasteiger partial charge is 0.255 e. The van der Waals surface area contributed by atoms with Crippen LogP contribution in [0.4, 0.5) is 14.5 Å². The quantitative estimate of drug-likeness (QED) is 0.822. The molecule has 8 heteroatoms. The van der Waals surface area contributed by atoms with Crippen molar-refractivity contribution in [3.05, 3.63) is 59.7 Å². The molecule has 1 amide bonds. The molecule has 0 heterocycles. The molecule has 134 valence electrons. The first kappa shape index (κ1) is 19.0. The van der Waals surface area contributed by atoms with Crippen LogP contribution in [0, 0.1) is 11.6 Å². The Morgan fingerprint density at radius 1 is 1.12 bits per heavy atom. The van der Waals surface area contributed by atoms with Crippen LogP contribution in [0.3, 0.4) is 0 Å². The van der Waals surface area contributed by atoms with E-state index in [2.05, 4.69) is 10.0 Å². The van der Waals surface area contributed by atoms with Gasteiger partial charge in [-0.15, -0.1) is 0 Å². The van der Waals surface area contributed by atoms with Gasteiger partial charge in [0, 0.05) is 17.7 Å². The van der Waals surface area contributed by atoms with Crippen molar-refractivity contribution in [2.75, 3.05) is 5.32 Å². The molecule has 0 fully saturated rings. The van der Waals surface area contributed by atoms with Gasteiger partial charge in [0.1, 0.15) is 11.6 Å².